The third-order valence-corrected chi connectivity index (χ3v) is 5.52. The Kier molecular flexibility index (Phi) is 5.90. The van der Waals surface area contributed by atoms with Gasteiger partial charge in [-0.25, -0.2) is 4.39 Å². The van der Waals surface area contributed by atoms with Crippen molar-refractivity contribution < 1.29 is 13.9 Å². The molecule has 0 saturated carbocycles. The fourth-order valence-corrected chi connectivity index (χ4v) is 3.75. The van der Waals surface area contributed by atoms with E-state index in [4.69, 9.17) is 4.74 Å². The fraction of sp³-hybridized carbons (Fsp3) is 0.130. The number of halogens is 1. The molecule has 0 saturated heterocycles. The third-order valence-electron chi connectivity index (χ3n) is 4.55. The predicted molar refractivity (Wildman–Crippen MR) is 116 cm³/mol. The van der Waals surface area contributed by atoms with Gasteiger partial charge in [-0.2, -0.15) is 5.10 Å². The summed E-state index contributed by atoms with van der Waals surface area (Å²) in [5, 5.41) is 8.93. The molecule has 0 unspecified atom stereocenters. The van der Waals surface area contributed by atoms with E-state index in [1.54, 1.807) is 35.3 Å². The highest BCUT2D eigenvalue weighted by Crippen LogP contribution is 2.21. The van der Waals surface area contributed by atoms with E-state index in [2.05, 4.69) is 10.4 Å². The standard InChI is InChI=1S/C23H20FN3O2S/c1-16-6-2-5-9-21(16)29-14-17-10-22(30-15-17)23(28)26-19-11-25-27(13-19)12-18-7-3-4-8-20(18)24/h2-11,13,15H,12,14H2,1H3,(H,26,28). The van der Waals surface area contributed by atoms with E-state index < -0.39 is 0 Å². The molecule has 0 bridgehead atoms. The normalized spacial score (nSPS) is 10.7. The number of amides is 1. The molecule has 7 heteroatoms. The highest BCUT2D eigenvalue weighted by atomic mass is 32.1. The minimum absolute atomic E-state index is 0.215. The monoisotopic (exact) mass is 421 g/mol. The number of hydrogen-bond donors (Lipinski definition) is 1. The number of aryl methyl sites for hydroxylation is 1. The Hall–Kier alpha value is -3.45. The lowest BCUT2D eigenvalue weighted by molar-refractivity contribution is 0.103. The highest BCUT2D eigenvalue weighted by molar-refractivity contribution is 7.12. The Labute approximate surface area is 177 Å². The van der Waals surface area contributed by atoms with Crippen molar-refractivity contribution in [1.29, 1.82) is 0 Å². The van der Waals surface area contributed by atoms with Gasteiger partial charge >= 0.3 is 0 Å². The average Bonchev–Trinajstić information content (AvgIpc) is 3.39. The lowest BCUT2D eigenvalue weighted by Crippen LogP contribution is -2.09. The van der Waals surface area contributed by atoms with Crippen LogP contribution in [-0.4, -0.2) is 15.7 Å². The van der Waals surface area contributed by atoms with E-state index in [1.165, 1.54) is 17.4 Å². The van der Waals surface area contributed by atoms with E-state index in [0.717, 1.165) is 16.9 Å². The van der Waals surface area contributed by atoms with Gasteiger partial charge in [0, 0.05) is 17.3 Å². The summed E-state index contributed by atoms with van der Waals surface area (Å²) in [6.07, 6.45) is 3.23. The largest absolute Gasteiger partial charge is 0.489 e. The summed E-state index contributed by atoms with van der Waals surface area (Å²) in [5.41, 5.74) is 3.10. The number of benzene rings is 2. The summed E-state index contributed by atoms with van der Waals surface area (Å²) in [7, 11) is 0. The maximum atomic E-state index is 13.8. The number of hydrogen-bond acceptors (Lipinski definition) is 4. The number of ether oxygens (including phenoxy) is 1. The van der Waals surface area contributed by atoms with Crippen molar-refractivity contribution in [3.05, 3.63) is 99.8 Å². The second-order valence-corrected chi connectivity index (χ2v) is 7.76. The number of rotatable bonds is 7. The average molecular weight is 421 g/mol. The van der Waals surface area contributed by atoms with Gasteiger partial charge in [0.05, 0.1) is 23.3 Å². The number of carbonyl (C=O) groups excluding carboxylic acids is 1. The van der Waals surface area contributed by atoms with Crippen molar-refractivity contribution in [1.82, 2.24) is 9.78 Å². The first kappa shape index (κ1) is 19.8. The topological polar surface area (TPSA) is 56.1 Å². The van der Waals surface area contributed by atoms with Crippen LogP contribution in [-0.2, 0) is 13.2 Å². The van der Waals surface area contributed by atoms with Gasteiger partial charge in [0.15, 0.2) is 0 Å². The third kappa shape index (κ3) is 4.75. The van der Waals surface area contributed by atoms with Crippen LogP contribution >= 0.6 is 11.3 Å². The van der Waals surface area contributed by atoms with E-state index in [9.17, 15) is 9.18 Å². The SMILES string of the molecule is Cc1ccccc1OCc1csc(C(=O)Nc2cnn(Cc3ccccc3F)c2)c1. The molecule has 0 spiro atoms. The Bertz CT molecular complexity index is 1170. The lowest BCUT2D eigenvalue weighted by atomic mass is 10.2. The Morgan fingerprint density at radius 1 is 1.20 bits per heavy atom. The van der Waals surface area contributed by atoms with Crippen LogP contribution in [0.15, 0.2) is 72.4 Å². The van der Waals surface area contributed by atoms with E-state index in [1.807, 2.05) is 42.6 Å². The molecule has 2 heterocycles. The molecule has 1 amide bonds. The number of para-hydroxylation sites is 1. The minimum Gasteiger partial charge on any atom is -0.489 e. The van der Waals surface area contributed by atoms with Crippen LogP contribution in [0.1, 0.15) is 26.4 Å². The highest BCUT2D eigenvalue weighted by Gasteiger charge is 2.12. The van der Waals surface area contributed by atoms with Crippen LogP contribution in [0.5, 0.6) is 5.75 Å². The Morgan fingerprint density at radius 3 is 2.83 bits per heavy atom. The number of nitrogens with one attached hydrogen (secondary N) is 1. The molecule has 0 atom stereocenters. The van der Waals surface area contributed by atoms with E-state index in [-0.39, 0.29) is 11.7 Å². The molecular weight excluding hydrogens is 401 g/mol. The molecule has 152 valence electrons. The predicted octanol–water partition coefficient (Wildman–Crippen LogP) is 5.27. The zero-order valence-electron chi connectivity index (χ0n) is 16.3. The summed E-state index contributed by atoms with van der Waals surface area (Å²) in [4.78, 5) is 13.1. The first-order valence-corrected chi connectivity index (χ1v) is 10.3. The van der Waals surface area contributed by atoms with Gasteiger partial charge in [-0.3, -0.25) is 9.48 Å². The Morgan fingerprint density at radius 2 is 2.00 bits per heavy atom. The lowest BCUT2D eigenvalue weighted by Gasteiger charge is -2.07. The van der Waals surface area contributed by atoms with Crippen LogP contribution in [0.3, 0.4) is 0 Å². The van der Waals surface area contributed by atoms with Crippen LogP contribution in [0.4, 0.5) is 10.1 Å². The number of aromatic nitrogens is 2. The molecule has 0 aliphatic rings. The fourth-order valence-electron chi connectivity index (χ4n) is 2.96. The molecule has 0 aliphatic heterocycles. The van der Waals surface area contributed by atoms with Crippen LogP contribution in [0.2, 0.25) is 0 Å². The van der Waals surface area contributed by atoms with Crippen LogP contribution < -0.4 is 10.1 Å². The second-order valence-electron chi connectivity index (χ2n) is 6.85. The van der Waals surface area contributed by atoms with Crippen molar-refractivity contribution in [2.75, 3.05) is 5.32 Å². The molecule has 0 radical (unpaired) electrons. The summed E-state index contributed by atoms with van der Waals surface area (Å²) >= 11 is 1.36. The van der Waals surface area contributed by atoms with Gasteiger partial charge in [-0.05, 0) is 36.1 Å². The molecule has 1 N–H and O–H groups in total. The molecule has 0 aliphatic carbocycles. The van der Waals surface area contributed by atoms with Crippen molar-refractivity contribution in [2.24, 2.45) is 0 Å². The molecule has 4 rings (SSSR count). The maximum absolute atomic E-state index is 13.8. The second kappa shape index (κ2) is 8.92. The van der Waals surface area contributed by atoms with Gasteiger partial charge in [0.2, 0.25) is 0 Å². The summed E-state index contributed by atoms with van der Waals surface area (Å²) in [6.45, 7) is 2.69. The number of carbonyl (C=O) groups is 1. The van der Waals surface area contributed by atoms with Gasteiger partial charge in [0.1, 0.15) is 18.2 Å². The first-order chi connectivity index (χ1) is 14.6. The summed E-state index contributed by atoms with van der Waals surface area (Å²) < 4.78 is 21.2. The smallest absolute Gasteiger partial charge is 0.265 e. The quantitative estimate of drug-likeness (QED) is 0.442. The molecule has 2 aromatic heterocycles. The van der Waals surface area contributed by atoms with Crippen molar-refractivity contribution >= 4 is 22.9 Å². The van der Waals surface area contributed by atoms with E-state index in [0.29, 0.717) is 29.3 Å². The molecule has 5 nitrogen and oxygen atoms in total. The molecule has 30 heavy (non-hydrogen) atoms. The van der Waals surface area contributed by atoms with Crippen molar-refractivity contribution in [2.45, 2.75) is 20.1 Å². The maximum Gasteiger partial charge on any atom is 0.265 e. The molecule has 0 fully saturated rings. The van der Waals surface area contributed by atoms with Crippen LogP contribution in [0, 0.1) is 12.7 Å². The van der Waals surface area contributed by atoms with Gasteiger partial charge < -0.3 is 10.1 Å². The van der Waals surface area contributed by atoms with Crippen molar-refractivity contribution in [3.8, 4) is 5.75 Å². The number of thiophene rings is 1. The Balaban J connectivity index is 1.35. The zero-order valence-corrected chi connectivity index (χ0v) is 17.2. The van der Waals surface area contributed by atoms with Crippen molar-refractivity contribution in [3.63, 3.8) is 0 Å². The molecule has 2 aromatic carbocycles. The van der Waals surface area contributed by atoms with E-state index >= 15 is 0 Å². The summed E-state index contributed by atoms with van der Waals surface area (Å²) in [6, 6.07) is 16.2. The minimum atomic E-state index is -0.280. The first-order valence-electron chi connectivity index (χ1n) is 9.41. The summed E-state index contributed by atoms with van der Waals surface area (Å²) in [5.74, 6) is 0.335. The zero-order chi connectivity index (χ0) is 20.9. The van der Waals surface area contributed by atoms with Crippen LogP contribution in [0.25, 0.3) is 0 Å². The number of anilines is 1. The van der Waals surface area contributed by atoms with Gasteiger partial charge in [0.25, 0.3) is 5.91 Å². The number of nitrogens with zero attached hydrogens (tertiary/aromatic N) is 2. The van der Waals surface area contributed by atoms with Gasteiger partial charge in [-0.1, -0.05) is 36.4 Å². The van der Waals surface area contributed by atoms with Gasteiger partial charge in [-0.15, -0.1) is 11.3 Å². The molecule has 4 aromatic rings. The molecular formula is C23H20FN3O2S.